The third-order valence-corrected chi connectivity index (χ3v) is 2.51. The summed E-state index contributed by atoms with van der Waals surface area (Å²) in [4.78, 5) is 4.41. The summed E-state index contributed by atoms with van der Waals surface area (Å²) in [5.74, 6) is 0.906. The van der Waals surface area contributed by atoms with Crippen LogP contribution in [0.5, 0.6) is 0 Å². The van der Waals surface area contributed by atoms with Gasteiger partial charge in [-0.25, -0.2) is 4.98 Å². The van der Waals surface area contributed by atoms with Gasteiger partial charge in [0.2, 0.25) is 0 Å². The van der Waals surface area contributed by atoms with Crippen molar-refractivity contribution >= 4 is 11.0 Å². The first-order valence-corrected chi connectivity index (χ1v) is 5.02. The molecule has 15 heavy (non-hydrogen) atoms. The van der Waals surface area contributed by atoms with Crippen LogP contribution in [-0.2, 0) is 6.54 Å². The Kier molecular flexibility index (Phi) is 2.70. The molecule has 0 aliphatic heterocycles. The molecule has 0 aliphatic carbocycles. The number of para-hydroxylation sites is 2. The number of aliphatic hydroxyl groups excluding tert-OH is 1. The molecule has 1 aromatic heterocycles. The van der Waals surface area contributed by atoms with Gasteiger partial charge in [0.25, 0.3) is 0 Å². The van der Waals surface area contributed by atoms with Crippen LogP contribution in [0.3, 0.4) is 0 Å². The van der Waals surface area contributed by atoms with Crippen LogP contribution in [0.2, 0.25) is 0 Å². The van der Waals surface area contributed by atoms with Gasteiger partial charge in [-0.2, -0.15) is 0 Å². The SMILES string of the molecule is Cc1nc2ccccc2n1CC(O)CN. The van der Waals surface area contributed by atoms with Crippen molar-refractivity contribution < 1.29 is 5.11 Å². The Hall–Kier alpha value is -1.39. The number of aliphatic hydroxyl groups is 1. The van der Waals surface area contributed by atoms with Crippen LogP contribution in [0.25, 0.3) is 11.0 Å². The van der Waals surface area contributed by atoms with Crippen LogP contribution in [0.4, 0.5) is 0 Å². The lowest BCUT2D eigenvalue weighted by Gasteiger charge is -2.11. The number of aryl methyl sites for hydroxylation is 1. The molecular weight excluding hydrogens is 190 g/mol. The fourth-order valence-corrected chi connectivity index (χ4v) is 1.71. The Morgan fingerprint density at radius 1 is 1.47 bits per heavy atom. The predicted octanol–water partition coefficient (Wildman–Crippen LogP) is 0.664. The first-order chi connectivity index (χ1) is 7.22. The topological polar surface area (TPSA) is 64.1 Å². The summed E-state index contributed by atoms with van der Waals surface area (Å²) < 4.78 is 1.99. The number of fused-ring (bicyclic) bond motifs is 1. The average molecular weight is 205 g/mol. The molecule has 0 saturated carbocycles. The van der Waals surface area contributed by atoms with Crippen molar-refractivity contribution in [3.8, 4) is 0 Å². The fourth-order valence-electron chi connectivity index (χ4n) is 1.71. The molecule has 2 rings (SSSR count). The van der Waals surface area contributed by atoms with Crippen molar-refractivity contribution in [2.45, 2.75) is 19.6 Å². The summed E-state index contributed by atoms with van der Waals surface area (Å²) in [5, 5.41) is 9.54. The number of aromatic nitrogens is 2. The van der Waals surface area contributed by atoms with Gasteiger partial charge >= 0.3 is 0 Å². The van der Waals surface area contributed by atoms with E-state index in [9.17, 15) is 5.11 Å². The van der Waals surface area contributed by atoms with Gasteiger partial charge in [-0.1, -0.05) is 12.1 Å². The summed E-state index contributed by atoms with van der Waals surface area (Å²) in [6, 6.07) is 7.89. The molecule has 0 bridgehead atoms. The summed E-state index contributed by atoms with van der Waals surface area (Å²) >= 11 is 0. The highest BCUT2D eigenvalue weighted by Crippen LogP contribution is 2.15. The van der Waals surface area contributed by atoms with Crippen molar-refractivity contribution in [2.24, 2.45) is 5.73 Å². The quantitative estimate of drug-likeness (QED) is 0.774. The van der Waals surface area contributed by atoms with Crippen molar-refractivity contribution in [1.29, 1.82) is 0 Å². The van der Waals surface area contributed by atoms with Crippen LogP contribution in [0.1, 0.15) is 5.82 Å². The molecule has 4 heteroatoms. The Balaban J connectivity index is 2.45. The standard InChI is InChI=1S/C11H15N3O/c1-8-13-10-4-2-3-5-11(10)14(8)7-9(15)6-12/h2-5,9,15H,6-7,12H2,1H3. The second-order valence-electron chi connectivity index (χ2n) is 3.65. The van der Waals surface area contributed by atoms with Crippen LogP contribution in [-0.4, -0.2) is 27.3 Å². The lowest BCUT2D eigenvalue weighted by Crippen LogP contribution is -2.25. The van der Waals surface area contributed by atoms with Gasteiger partial charge in [0.1, 0.15) is 5.82 Å². The molecule has 1 unspecified atom stereocenters. The number of hydrogen-bond acceptors (Lipinski definition) is 3. The van der Waals surface area contributed by atoms with Gasteiger partial charge in [-0.15, -0.1) is 0 Å². The van der Waals surface area contributed by atoms with Crippen LogP contribution in [0, 0.1) is 6.92 Å². The zero-order valence-electron chi connectivity index (χ0n) is 8.72. The Bertz CT molecular complexity index is 464. The Morgan fingerprint density at radius 2 is 2.20 bits per heavy atom. The molecule has 80 valence electrons. The van der Waals surface area contributed by atoms with Gasteiger partial charge in [-0.05, 0) is 19.1 Å². The summed E-state index contributed by atoms with van der Waals surface area (Å²) in [6.07, 6.45) is -0.513. The molecule has 0 radical (unpaired) electrons. The summed E-state index contributed by atoms with van der Waals surface area (Å²) in [6.45, 7) is 2.71. The molecule has 0 fully saturated rings. The van der Waals surface area contributed by atoms with E-state index in [1.807, 2.05) is 35.8 Å². The van der Waals surface area contributed by atoms with Crippen LogP contribution < -0.4 is 5.73 Å². The molecule has 4 nitrogen and oxygen atoms in total. The summed E-state index contributed by atoms with van der Waals surface area (Å²) in [5.41, 5.74) is 7.40. The zero-order chi connectivity index (χ0) is 10.8. The van der Waals surface area contributed by atoms with E-state index in [1.54, 1.807) is 0 Å². The molecule has 1 heterocycles. The van der Waals surface area contributed by atoms with Gasteiger partial charge in [-0.3, -0.25) is 0 Å². The highest BCUT2D eigenvalue weighted by Gasteiger charge is 2.09. The average Bonchev–Trinajstić information content (AvgIpc) is 2.55. The van der Waals surface area contributed by atoms with Gasteiger partial charge in [0.05, 0.1) is 23.7 Å². The first-order valence-electron chi connectivity index (χ1n) is 5.02. The van der Waals surface area contributed by atoms with Crippen molar-refractivity contribution in [2.75, 3.05) is 6.54 Å². The van der Waals surface area contributed by atoms with Gasteiger partial charge < -0.3 is 15.4 Å². The van der Waals surface area contributed by atoms with E-state index in [0.717, 1.165) is 16.9 Å². The Morgan fingerprint density at radius 3 is 2.93 bits per heavy atom. The maximum absolute atomic E-state index is 9.54. The van der Waals surface area contributed by atoms with E-state index in [2.05, 4.69) is 4.98 Å². The predicted molar refractivity (Wildman–Crippen MR) is 59.5 cm³/mol. The number of hydrogen-bond donors (Lipinski definition) is 2. The molecular formula is C11H15N3O. The van der Waals surface area contributed by atoms with Crippen molar-refractivity contribution in [3.63, 3.8) is 0 Å². The zero-order valence-corrected chi connectivity index (χ0v) is 8.72. The molecule has 2 aromatic rings. The molecule has 0 amide bonds. The lowest BCUT2D eigenvalue weighted by atomic mass is 10.3. The molecule has 1 aromatic carbocycles. The second kappa shape index (κ2) is 4.00. The smallest absolute Gasteiger partial charge is 0.106 e. The van der Waals surface area contributed by atoms with E-state index >= 15 is 0 Å². The van der Waals surface area contributed by atoms with E-state index in [0.29, 0.717) is 6.54 Å². The number of nitrogens with zero attached hydrogens (tertiary/aromatic N) is 2. The number of benzene rings is 1. The highest BCUT2D eigenvalue weighted by atomic mass is 16.3. The van der Waals surface area contributed by atoms with E-state index in [4.69, 9.17) is 5.73 Å². The molecule has 0 aliphatic rings. The van der Waals surface area contributed by atoms with Crippen LogP contribution in [0.15, 0.2) is 24.3 Å². The molecule has 3 N–H and O–H groups in total. The number of rotatable bonds is 3. The normalized spacial score (nSPS) is 13.3. The minimum Gasteiger partial charge on any atom is -0.390 e. The Labute approximate surface area is 88.3 Å². The van der Waals surface area contributed by atoms with Crippen molar-refractivity contribution in [1.82, 2.24) is 9.55 Å². The minimum atomic E-state index is -0.513. The molecule has 0 saturated heterocycles. The van der Waals surface area contributed by atoms with Gasteiger partial charge in [0, 0.05) is 6.54 Å². The first kappa shape index (κ1) is 10.1. The maximum atomic E-state index is 9.54. The van der Waals surface area contributed by atoms with E-state index < -0.39 is 6.10 Å². The lowest BCUT2D eigenvalue weighted by molar-refractivity contribution is 0.162. The number of nitrogens with two attached hydrogens (primary N) is 1. The van der Waals surface area contributed by atoms with Crippen LogP contribution >= 0.6 is 0 Å². The van der Waals surface area contributed by atoms with Crippen molar-refractivity contribution in [3.05, 3.63) is 30.1 Å². The molecule has 1 atom stereocenters. The maximum Gasteiger partial charge on any atom is 0.106 e. The molecule has 0 spiro atoms. The second-order valence-corrected chi connectivity index (χ2v) is 3.65. The largest absolute Gasteiger partial charge is 0.390 e. The van der Waals surface area contributed by atoms with E-state index in [1.165, 1.54) is 0 Å². The monoisotopic (exact) mass is 205 g/mol. The summed E-state index contributed by atoms with van der Waals surface area (Å²) in [7, 11) is 0. The minimum absolute atomic E-state index is 0.270. The number of imidazole rings is 1. The highest BCUT2D eigenvalue weighted by molar-refractivity contribution is 5.75. The third-order valence-electron chi connectivity index (χ3n) is 2.51. The van der Waals surface area contributed by atoms with Gasteiger partial charge in [0.15, 0.2) is 0 Å². The van der Waals surface area contributed by atoms with E-state index in [-0.39, 0.29) is 6.54 Å². The fraction of sp³-hybridized carbons (Fsp3) is 0.364. The third kappa shape index (κ3) is 1.86.